The van der Waals surface area contributed by atoms with E-state index in [1.807, 2.05) is 0 Å². The highest BCUT2D eigenvalue weighted by atomic mass is 16.5. The van der Waals surface area contributed by atoms with Gasteiger partial charge in [-0.05, 0) is 24.7 Å². The summed E-state index contributed by atoms with van der Waals surface area (Å²) in [7, 11) is 0. The van der Waals surface area contributed by atoms with Crippen LogP contribution in [-0.2, 0) is 14.2 Å². The van der Waals surface area contributed by atoms with Crippen molar-refractivity contribution >= 4 is 0 Å². The predicted octanol–water partition coefficient (Wildman–Crippen LogP) is 1.78. The first-order valence-electron chi connectivity index (χ1n) is 8.19. The molecular weight excluding hydrogens is 268 g/mol. The maximum absolute atomic E-state index is 5.89. The third kappa shape index (κ3) is 13.2. The normalized spacial score (nSPS) is 14.9. The Bertz CT molecular complexity index is 204. The molecule has 0 spiro atoms. The third-order valence-corrected chi connectivity index (χ3v) is 3.49. The van der Waals surface area contributed by atoms with E-state index in [-0.39, 0.29) is 12.1 Å². The van der Waals surface area contributed by atoms with Gasteiger partial charge in [0.1, 0.15) is 0 Å². The van der Waals surface area contributed by atoms with Crippen molar-refractivity contribution in [2.75, 3.05) is 39.6 Å². The first-order valence-corrected chi connectivity index (χ1v) is 8.19. The maximum Gasteiger partial charge on any atom is 0.0620 e. The van der Waals surface area contributed by atoms with Gasteiger partial charge in [-0.1, -0.05) is 27.7 Å². The van der Waals surface area contributed by atoms with Gasteiger partial charge in [0.2, 0.25) is 0 Å². The third-order valence-electron chi connectivity index (χ3n) is 3.49. The predicted molar refractivity (Wildman–Crippen MR) is 87.3 cm³/mol. The van der Waals surface area contributed by atoms with E-state index in [9.17, 15) is 0 Å². The topological polar surface area (TPSA) is 79.7 Å². The molecule has 21 heavy (non-hydrogen) atoms. The van der Waals surface area contributed by atoms with Crippen molar-refractivity contribution in [3.63, 3.8) is 0 Å². The van der Waals surface area contributed by atoms with Gasteiger partial charge in [-0.15, -0.1) is 0 Å². The molecule has 0 saturated carbocycles. The standard InChI is InChI=1S/C16H36N2O3/c1-13(2)15(17)11-20-9-5-7-19-8-6-10-21-12-16(18)14(3)4/h13-16H,5-12,17-18H2,1-4H3. The van der Waals surface area contributed by atoms with Crippen LogP contribution in [0.5, 0.6) is 0 Å². The summed E-state index contributed by atoms with van der Waals surface area (Å²) in [6.45, 7) is 12.5. The number of hydrogen-bond acceptors (Lipinski definition) is 5. The van der Waals surface area contributed by atoms with Crippen LogP contribution in [0.25, 0.3) is 0 Å². The second-order valence-corrected chi connectivity index (χ2v) is 6.29. The lowest BCUT2D eigenvalue weighted by atomic mass is 10.1. The Morgan fingerprint density at radius 1 is 0.619 bits per heavy atom. The lowest BCUT2D eigenvalue weighted by molar-refractivity contribution is 0.0538. The average Bonchev–Trinajstić information content (AvgIpc) is 2.43. The van der Waals surface area contributed by atoms with Gasteiger partial charge in [0.15, 0.2) is 0 Å². The Morgan fingerprint density at radius 2 is 0.952 bits per heavy atom. The molecule has 0 radical (unpaired) electrons. The number of hydrogen-bond donors (Lipinski definition) is 2. The SMILES string of the molecule is CC(C)C(N)COCCCOCCCOCC(N)C(C)C. The lowest BCUT2D eigenvalue weighted by Gasteiger charge is -2.16. The molecule has 0 amide bonds. The van der Waals surface area contributed by atoms with Crippen molar-refractivity contribution in [1.82, 2.24) is 0 Å². The highest BCUT2D eigenvalue weighted by Gasteiger charge is 2.07. The summed E-state index contributed by atoms with van der Waals surface area (Å²) < 4.78 is 16.5. The van der Waals surface area contributed by atoms with Gasteiger partial charge in [0.05, 0.1) is 13.2 Å². The molecule has 0 saturated heterocycles. The Morgan fingerprint density at radius 3 is 1.29 bits per heavy atom. The molecule has 2 atom stereocenters. The molecule has 0 fully saturated rings. The molecular formula is C16H36N2O3. The molecule has 5 heteroatoms. The monoisotopic (exact) mass is 304 g/mol. The van der Waals surface area contributed by atoms with E-state index < -0.39 is 0 Å². The molecule has 2 unspecified atom stereocenters. The molecule has 128 valence electrons. The van der Waals surface area contributed by atoms with E-state index in [1.54, 1.807) is 0 Å². The van der Waals surface area contributed by atoms with Crippen LogP contribution in [0.2, 0.25) is 0 Å². The van der Waals surface area contributed by atoms with Crippen molar-refractivity contribution in [2.45, 2.75) is 52.6 Å². The maximum atomic E-state index is 5.89. The summed E-state index contributed by atoms with van der Waals surface area (Å²) in [5.74, 6) is 0.926. The van der Waals surface area contributed by atoms with Crippen LogP contribution >= 0.6 is 0 Å². The van der Waals surface area contributed by atoms with E-state index in [0.29, 0.717) is 38.3 Å². The second-order valence-electron chi connectivity index (χ2n) is 6.29. The van der Waals surface area contributed by atoms with Gasteiger partial charge in [-0.3, -0.25) is 0 Å². The Hall–Kier alpha value is -0.200. The fraction of sp³-hybridized carbons (Fsp3) is 1.00. The van der Waals surface area contributed by atoms with Gasteiger partial charge in [-0.25, -0.2) is 0 Å². The first kappa shape index (κ1) is 20.8. The number of ether oxygens (including phenoxy) is 3. The van der Waals surface area contributed by atoms with Gasteiger partial charge in [-0.2, -0.15) is 0 Å². The van der Waals surface area contributed by atoms with Gasteiger partial charge < -0.3 is 25.7 Å². The minimum absolute atomic E-state index is 0.125. The smallest absolute Gasteiger partial charge is 0.0620 e. The zero-order valence-electron chi connectivity index (χ0n) is 14.3. The van der Waals surface area contributed by atoms with E-state index in [1.165, 1.54) is 0 Å². The molecule has 0 bridgehead atoms. The molecule has 5 nitrogen and oxygen atoms in total. The fourth-order valence-electron chi connectivity index (χ4n) is 1.45. The summed E-state index contributed by atoms with van der Waals surface area (Å²) in [5.41, 5.74) is 11.8. The zero-order chi connectivity index (χ0) is 16.1. The minimum atomic E-state index is 0.125. The van der Waals surface area contributed by atoms with Crippen LogP contribution < -0.4 is 11.5 Å². The Labute approximate surface area is 130 Å². The van der Waals surface area contributed by atoms with Crippen LogP contribution in [0.1, 0.15) is 40.5 Å². The van der Waals surface area contributed by atoms with Crippen molar-refractivity contribution in [2.24, 2.45) is 23.3 Å². The quantitative estimate of drug-likeness (QED) is 0.478. The zero-order valence-corrected chi connectivity index (χ0v) is 14.3. The molecule has 0 aromatic rings. The van der Waals surface area contributed by atoms with Crippen molar-refractivity contribution in [3.05, 3.63) is 0 Å². The number of rotatable bonds is 14. The molecule has 4 N–H and O–H groups in total. The summed E-state index contributed by atoms with van der Waals surface area (Å²) in [5, 5.41) is 0. The van der Waals surface area contributed by atoms with Crippen molar-refractivity contribution in [1.29, 1.82) is 0 Å². The van der Waals surface area contributed by atoms with Crippen LogP contribution in [0.3, 0.4) is 0 Å². The van der Waals surface area contributed by atoms with Crippen LogP contribution in [0.4, 0.5) is 0 Å². The van der Waals surface area contributed by atoms with Crippen LogP contribution in [-0.4, -0.2) is 51.7 Å². The van der Waals surface area contributed by atoms with Crippen LogP contribution in [0, 0.1) is 11.8 Å². The number of nitrogens with two attached hydrogens (primary N) is 2. The van der Waals surface area contributed by atoms with Crippen molar-refractivity contribution < 1.29 is 14.2 Å². The molecule has 0 aromatic heterocycles. The van der Waals surface area contributed by atoms with E-state index >= 15 is 0 Å². The van der Waals surface area contributed by atoms with Crippen LogP contribution in [0.15, 0.2) is 0 Å². The molecule has 0 aliphatic rings. The van der Waals surface area contributed by atoms with Gasteiger partial charge >= 0.3 is 0 Å². The summed E-state index contributed by atoms with van der Waals surface area (Å²) >= 11 is 0. The molecule has 0 rings (SSSR count). The summed E-state index contributed by atoms with van der Waals surface area (Å²) in [4.78, 5) is 0. The Kier molecular flexibility index (Phi) is 13.3. The molecule has 0 aliphatic carbocycles. The van der Waals surface area contributed by atoms with Gasteiger partial charge in [0, 0.05) is 38.5 Å². The lowest BCUT2D eigenvalue weighted by Crippen LogP contribution is -2.32. The Balaban J connectivity index is 3.16. The minimum Gasteiger partial charge on any atom is -0.381 e. The van der Waals surface area contributed by atoms with E-state index in [0.717, 1.165) is 26.1 Å². The van der Waals surface area contributed by atoms with E-state index in [4.69, 9.17) is 25.7 Å². The largest absolute Gasteiger partial charge is 0.381 e. The molecule has 0 aromatic carbocycles. The highest BCUT2D eigenvalue weighted by Crippen LogP contribution is 2.00. The van der Waals surface area contributed by atoms with Gasteiger partial charge in [0.25, 0.3) is 0 Å². The molecule has 0 aliphatic heterocycles. The average molecular weight is 304 g/mol. The van der Waals surface area contributed by atoms with Crippen molar-refractivity contribution in [3.8, 4) is 0 Å². The molecule has 0 heterocycles. The summed E-state index contributed by atoms with van der Waals surface area (Å²) in [6, 6.07) is 0.251. The first-order chi connectivity index (χ1) is 9.95. The summed E-state index contributed by atoms with van der Waals surface area (Å²) in [6.07, 6.45) is 1.81. The van der Waals surface area contributed by atoms with E-state index in [2.05, 4.69) is 27.7 Å². The highest BCUT2D eigenvalue weighted by molar-refractivity contribution is 4.64. The fourth-order valence-corrected chi connectivity index (χ4v) is 1.45. The second kappa shape index (κ2) is 13.5.